The van der Waals surface area contributed by atoms with Crippen molar-refractivity contribution in [3.63, 3.8) is 0 Å². The monoisotopic (exact) mass is 275 g/mol. The van der Waals surface area contributed by atoms with Crippen LogP contribution in [0, 0.1) is 3.56 Å². The van der Waals surface area contributed by atoms with Crippen LogP contribution in [0.1, 0.15) is 20.8 Å². The fourth-order valence-corrected chi connectivity index (χ4v) is 2.64. The molecule has 0 saturated carbocycles. The van der Waals surface area contributed by atoms with Crippen LogP contribution in [0.4, 0.5) is 0 Å². The van der Waals surface area contributed by atoms with E-state index >= 15 is 0 Å². The maximum atomic E-state index is 7.56. The SMILES string of the molecule is CC1=CC(C)(I=N)C=C(C)C=C1. The highest BCUT2D eigenvalue weighted by Gasteiger charge is 2.17. The quantitative estimate of drug-likeness (QED) is 0.553. The van der Waals surface area contributed by atoms with E-state index < -0.39 is 21.0 Å². The third-order valence-corrected chi connectivity index (χ3v) is 3.62. The standard InChI is InChI=1S/C10H14IN/c1-8-4-5-9(2)7-10(3,6-8)11-12/h4-7,12H,1-3H3. The van der Waals surface area contributed by atoms with Crippen molar-refractivity contribution >= 4 is 21.0 Å². The molecule has 0 atom stereocenters. The summed E-state index contributed by atoms with van der Waals surface area (Å²) in [6.07, 6.45) is 8.66. The number of allylic oxidation sites excluding steroid dienone is 6. The first-order valence-corrected chi connectivity index (χ1v) is 6.10. The summed E-state index contributed by atoms with van der Waals surface area (Å²) in [6.45, 7) is 6.34. The Kier molecular flexibility index (Phi) is 2.99. The van der Waals surface area contributed by atoms with Gasteiger partial charge in [-0.05, 0) is 41.8 Å². The number of rotatable bonds is 1. The number of hydrogen-bond acceptors (Lipinski definition) is 1. The first kappa shape index (κ1) is 9.84. The summed E-state index contributed by atoms with van der Waals surface area (Å²) < 4.78 is 7.60. The predicted octanol–water partition coefficient (Wildman–Crippen LogP) is 3.94. The fraction of sp³-hybridized carbons (Fsp3) is 0.400. The smallest absolute Gasteiger partial charge is 0.0676 e. The molecule has 0 fully saturated rings. The normalized spacial score (nSPS) is 21.2. The zero-order valence-electron chi connectivity index (χ0n) is 7.69. The Balaban J connectivity index is 3.12. The van der Waals surface area contributed by atoms with Gasteiger partial charge >= 0.3 is 0 Å². The van der Waals surface area contributed by atoms with Crippen molar-refractivity contribution in [1.29, 1.82) is 3.56 Å². The lowest BCUT2D eigenvalue weighted by Gasteiger charge is -2.14. The molecule has 1 aliphatic carbocycles. The molecule has 0 unspecified atom stereocenters. The molecule has 0 aromatic rings. The van der Waals surface area contributed by atoms with Crippen LogP contribution in [0.3, 0.4) is 0 Å². The largest absolute Gasteiger partial charge is 0.277 e. The molecule has 1 N–H and O–H groups in total. The van der Waals surface area contributed by atoms with Crippen molar-refractivity contribution in [2.24, 2.45) is 0 Å². The summed E-state index contributed by atoms with van der Waals surface area (Å²) in [7, 11) is 0. The second-order valence-electron chi connectivity index (χ2n) is 3.36. The van der Waals surface area contributed by atoms with Gasteiger partial charge in [-0.2, -0.15) is 0 Å². The van der Waals surface area contributed by atoms with Crippen molar-refractivity contribution < 1.29 is 0 Å². The Morgan fingerprint density at radius 3 is 1.92 bits per heavy atom. The minimum absolute atomic E-state index is 0.0382. The maximum Gasteiger partial charge on any atom is 0.0676 e. The van der Waals surface area contributed by atoms with E-state index in [4.69, 9.17) is 3.56 Å². The van der Waals surface area contributed by atoms with Crippen LogP contribution < -0.4 is 0 Å². The van der Waals surface area contributed by atoms with Crippen molar-refractivity contribution in [3.05, 3.63) is 35.5 Å². The summed E-state index contributed by atoms with van der Waals surface area (Å²) in [5, 5.41) is 0. The molecule has 1 aliphatic rings. The van der Waals surface area contributed by atoms with E-state index in [1.54, 1.807) is 0 Å². The van der Waals surface area contributed by atoms with Gasteiger partial charge in [0.15, 0.2) is 0 Å². The Morgan fingerprint density at radius 2 is 1.58 bits per heavy atom. The molecule has 0 saturated heterocycles. The third kappa shape index (κ3) is 2.37. The molecule has 12 heavy (non-hydrogen) atoms. The van der Waals surface area contributed by atoms with E-state index in [1.165, 1.54) is 11.1 Å². The Labute approximate surface area is 84.2 Å². The Morgan fingerprint density at radius 1 is 1.17 bits per heavy atom. The van der Waals surface area contributed by atoms with Crippen LogP contribution >= 0.6 is 21.0 Å². The van der Waals surface area contributed by atoms with E-state index in [1.807, 2.05) is 0 Å². The minimum atomic E-state index is -0.512. The summed E-state index contributed by atoms with van der Waals surface area (Å²) in [6, 6.07) is 0. The first-order chi connectivity index (χ1) is 5.56. The topological polar surface area (TPSA) is 23.9 Å². The highest BCUT2D eigenvalue weighted by Crippen LogP contribution is 2.31. The van der Waals surface area contributed by atoms with Crippen LogP contribution in [0.25, 0.3) is 0 Å². The molecule has 0 amide bonds. The molecule has 0 bridgehead atoms. The molecule has 66 valence electrons. The van der Waals surface area contributed by atoms with Crippen LogP contribution in [-0.2, 0) is 0 Å². The number of nitrogens with one attached hydrogen (secondary N) is 1. The Hall–Kier alpha value is -0.250. The molecule has 2 heteroatoms. The zero-order valence-corrected chi connectivity index (χ0v) is 9.84. The summed E-state index contributed by atoms with van der Waals surface area (Å²) in [5.74, 6) is 0. The average Bonchev–Trinajstić information content (AvgIpc) is 2.11. The van der Waals surface area contributed by atoms with Crippen molar-refractivity contribution in [2.45, 2.75) is 24.2 Å². The molecular formula is C10H14IN. The predicted molar refractivity (Wildman–Crippen MR) is 61.8 cm³/mol. The molecule has 0 aliphatic heterocycles. The van der Waals surface area contributed by atoms with Gasteiger partial charge in [0.05, 0.1) is 3.42 Å². The van der Waals surface area contributed by atoms with Crippen molar-refractivity contribution in [3.8, 4) is 0 Å². The molecule has 0 aromatic heterocycles. The van der Waals surface area contributed by atoms with Gasteiger partial charge in [0.1, 0.15) is 0 Å². The lowest BCUT2D eigenvalue weighted by atomic mass is 10.1. The fourth-order valence-electron chi connectivity index (χ4n) is 1.35. The highest BCUT2D eigenvalue weighted by molar-refractivity contribution is 14.2. The molecule has 1 nitrogen and oxygen atoms in total. The molecular weight excluding hydrogens is 261 g/mol. The van der Waals surface area contributed by atoms with Gasteiger partial charge in [-0.25, -0.2) is 0 Å². The first-order valence-electron chi connectivity index (χ1n) is 3.94. The zero-order chi connectivity index (χ0) is 9.19. The molecule has 0 heterocycles. The molecule has 1 rings (SSSR count). The van der Waals surface area contributed by atoms with Gasteiger partial charge in [-0.15, -0.1) is 0 Å². The third-order valence-electron chi connectivity index (χ3n) is 1.83. The summed E-state index contributed by atoms with van der Waals surface area (Å²) in [5.41, 5.74) is 2.55. The van der Waals surface area contributed by atoms with Gasteiger partial charge in [0, 0.05) is 0 Å². The summed E-state index contributed by atoms with van der Waals surface area (Å²) in [4.78, 5) is 0. The molecule has 0 spiro atoms. The van der Waals surface area contributed by atoms with Gasteiger partial charge in [0.25, 0.3) is 0 Å². The molecule has 0 radical (unpaired) electrons. The van der Waals surface area contributed by atoms with Gasteiger partial charge in [-0.1, -0.05) is 35.5 Å². The lowest BCUT2D eigenvalue weighted by molar-refractivity contribution is 1.04. The van der Waals surface area contributed by atoms with E-state index in [9.17, 15) is 0 Å². The highest BCUT2D eigenvalue weighted by atomic mass is 127. The maximum absolute atomic E-state index is 7.56. The minimum Gasteiger partial charge on any atom is -0.277 e. The van der Waals surface area contributed by atoms with Crippen LogP contribution in [0.2, 0.25) is 0 Å². The second-order valence-corrected chi connectivity index (χ2v) is 6.22. The van der Waals surface area contributed by atoms with Crippen LogP contribution in [-0.4, -0.2) is 3.42 Å². The van der Waals surface area contributed by atoms with Gasteiger partial charge in [-0.3, -0.25) is 3.56 Å². The second kappa shape index (κ2) is 3.64. The van der Waals surface area contributed by atoms with Gasteiger partial charge < -0.3 is 0 Å². The number of hydrogen-bond donors (Lipinski definition) is 1. The van der Waals surface area contributed by atoms with E-state index in [0.29, 0.717) is 0 Å². The number of alkyl halides is 1. The molecule has 0 aromatic carbocycles. The van der Waals surface area contributed by atoms with E-state index in [0.717, 1.165) is 0 Å². The van der Waals surface area contributed by atoms with Crippen molar-refractivity contribution in [1.82, 2.24) is 0 Å². The van der Waals surface area contributed by atoms with Crippen LogP contribution in [0.5, 0.6) is 0 Å². The van der Waals surface area contributed by atoms with E-state index in [2.05, 4.69) is 45.1 Å². The average molecular weight is 275 g/mol. The van der Waals surface area contributed by atoms with Gasteiger partial charge in [0.2, 0.25) is 0 Å². The number of halogens is 1. The van der Waals surface area contributed by atoms with Crippen molar-refractivity contribution in [2.75, 3.05) is 0 Å². The van der Waals surface area contributed by atoms with Crippen LogP contribution in [0.15, 0.2) is 35.5 Å². The summed E-state index contributed by atoms with van der Waals surface area (Å²) >= 11 is -0.512. The lowest BCUT2D eigenvalue weighted by Crippen LogP contribution is -2.08. The Bertz CT molecular complexity index is 262. The van der Waals surface area contributed by atoms with E-state index in [-0.39, 0.29) is 3.42 Å².